The molecule has 1 saturated heterocycles. The standard InChI is InChI=1S/C10H21NO/c1-8(2)9(3)11-5-4-10(6-11)7-12/h8-10,12H,4-7H2,1-3H3. The van der Waals surface area contributed by atoms with Crippen LogP contribution in [0, 0.1) is 11.8 Å². The summed E-state index contributed by atoms with van der Waals surface area (Å²) in [6, 6.07) is 0.668. The van der Waals surface area contributed by atoms with Crippen molar-refractivity contribution in [2.45, 2.75) is 33.2 Å². The van der Waals surface area contributed by atoms with Crippen LogP contribution in [-0.4, -0.2) is 35.7 Å². The van der Waals surface area contributed by atoms with Gasteiger partial charge in [-0.2, -0.15) is 0 Å². The maximum Gasteiger partial charge on any atom is 0.0471 e. The smallest absolute Gasteiger partial charge is 0.0471 e. The molecule has 2 heteroatoms. The van der Waals surface area contributed by atoms with Crippen LogP contribution in [0.4, 0.5) is 0 Å². The predicted molar refractivity (Wildman–Crippen MR) is 51.1 cm³/mol. The van der Waals surface area contributed by atoms with Gasteiger partial charge < -0.3 is 10.0 Å². The van der Waals surface area contributed by atoms with Crippen molar-refractivity contribution < 1.29 is 5.11 Å². The van der Waals surface area contributed by atoms with Crippen LogP contribution in [0.5, 0.6) is 0 Å². The fourth-order valence-electron chi connectivity index (χ4n) is 1.80. The summed E-state index contributed by atoms with van der Waals surface area (Å²) in [5, 5.41) is 8.98. The van der Waals surface area contributed by atoms with Crippen molar-refractivity contribution in [2.75, 3.05) is 19.7 Å². The third-order valence-electron chi connectivity index (χ3n) is 3.12. The molecule has 2 atom stereocenters. The number of likely N-dealkylation sites (tertiary alicyclic amines) is 1. The average Bonchev–Trinajstić information content (AvgIpc) is 2.50. The molecule has 0 spiro atoms. The van der Waals surface area contributed by atoms with Crippen molar-refractivity contribution in [3.8, 4) is 0 Å². The Morgan fingerprint density at radius 3 is 2.50 bits per heavy atom. The zero-order valence-corrected chi connectivity index (χ0v) is 8.45. The van der Waals surface area contributed by atoms with Crippen LogP contribution < -0.4 is 0 Å². The van der Waals surface area contributed by atoms with E-state index in [0.29, 0.717) is 18.6 Å². The highest BCUT2D eigenvalue weighted by Gasteiger charge is 2.26. The quantitative estimate of drug-likeness (QED) is 0.693. The van der Waals surface area contributed by atoms with Gasteiger partial charge in [0.25, 0.3) is 0 Å². The molecule has 0 aromatic carbocycles. The first-order valence-electron chi connectivity index (χ1n) is 5.00. The molecule has 12 heavy (non-hydrogen) atoms. The Morgan fingerprint density at radius 1 is 1.42 bits per heavy atom. The van der Waals surface area contributed by atoms with E-state index in [9.17, 15) is 0 Å². The minimum atomic E-state index is 0.362. The van der Waals surface area contributed by atoms with E-state index in [2.05, 4.69) is 25.7 Å². The molecule has 0 aliphatic carbocycles. The minimum Gasteiger partial charge on any atom is -0.396 e. The normalized spacial score (nSPS) is 28.2. The number of rotatable bonds is 3. The maximum absolute atomic E-state index is 8.98. The lowest BCUT2D eigenvalue weighted by atomic mass is 10.1. The Balaban J connectivity index is 2.35. The lowest BCUT2D eigenvalue weighted by molar-refractivity contribution is 0.179. The molecule has 0 aromatic rings. The largest absolute Gasteiger partial charge is 0.396 e. The summed E-state index contributed by atoms with van der Waals surface area (Å²) in [5.74, 6) is 1.26. The second-order valence-electron chi connectivity index (χ2n) is 4.32. The molecule has 2 unspecified atom stereocenters. The predicted octanol–water partition coefficient (Wildman–Crippen LogP) is 1.35. The third kappa shape index (κ3) is 2.20. The van der Waals surface area contributed by atoms with Crippen LogP contribution in [0.25, 0.3) is 0 Å². The second kappa shape index (κ2) is 4.24. The number of hydrogen-bond acceptors (Lipinski definition) is 2. The van der Waals surface area contributed by atoms with Gasteiger partial charge in [0.1, 0.15) is 0 Å². The molecule has 1 aliphatic heterocycles. The van der Waals surface area contributed by atoms with E-state index in [4.69, 9.17) is 5.11 Å². The number of hydrogen-bond donors (Lipinski definition) is 1. The lowest BCUT2D eigenvalue weighted by Gasteiger charge is -2.27. The van der Waals surface area contributed by atoms with Crippen LogP contribution in [0.3, 0.4) is 0 Å². The van der Waals surface area contributed by atoms with E-state index < -0.39 is 0 Å². The van der Waals surface area contributed by atoms with Gasteiger partial charge in [0, 0.05) is 19.2 Å². The fourth-order valence-corrected chi connectivity index (χ4v) is 1.80. The van der Waals surface area contributed by atoms with Crippen LogP contribution in [0.15, 0.2) is 0 Å². The van der Waals surface area contributed by atoms with Crippen molar-refractivity contribution in [2.24, 2.45) is 11.8 Å². The maximum atomic E-state index is 8.98. The molecule has 0 amide bonds. The highest BCUT2D eigenvalue weighted by molar-refractivity contribution is 4.80. The molecule has 2 nitrogen and oxygen atoms in total. The molecule has 0 bridgehead atoms. The molecule has 72 valence electrons. The van der Waals surface area contributed by atoms with Crippen LogP contribution in [0.2, 0.25) is 0 Å². The van der Waals surface area contributed by atoms with E-state index in [1.165, 1.54) is 13.0 Å². The Hall–Kier alpha value is -0.0800. The van der Waals surface area contributed by atoms with Crippen LogP contribution >= 0.6 is 0 Å². The van der Waals surface area contributed by atoms with E-state index >= 15 is 0 Å². The van der Waals surface area contributed by atoms with Crippen molar-refractivity contribution in [3.05, 3.63) is 0 Å². The summed E-state index contributed by atoms with van der Waals surface area (Å²) < 4.78 is 0. The molecule has 1 rings (SSSR count). The van der Waals surface area contributed by atoms with E-state index in [1.54, 1.807) is 0 Å². The van der Waals surface area contributed by atoms with Crippen molar-refractivity contribution in [3.63, 3.8) is 0 Å². The summed E-state index contributed by atoms with van der Waals surface area (Å²) >= 11 is 0. The average molecular weight is 171 g/mol. The topological polar surface area (TPSA) is 23.5 Å². The Labute approximate surface area is 75.6 Å². The number of aliphatic hydroxyl groups excluding tert-OH is 1. The van der Waals surface area contributed by atoms with E-state index in [-0.39, 0.29) is 0 Å². The first-order chi connectivity index (χ1) is 5.65. The zero-order chi connectivity index (χ0) is 9.14. The summed E-state index contributed by atoms with van der Waals surface area (Å²) in [6.07, 6.45) is 1.17. The lowest BCUT2D eigenvalue weighted by Crippen LogP contribution is -2.35. The van der Waals surface area contributed by atoms with Gasteiger partial charge in [0.15, 0.2) is 0 Å². The Morgan fingerprint density at radius 2 is 2.08 bits per heavy atom. The molecule has 0 radical (unpaired) electrons. The Kier molecular flexibility index (Phi) is 3.53. The van der Waals surface area contributed by atoms with Gasteiger partial charge in [0.2, 0.25) is 0 Å². The molecular weight excluding hydrogens is 150 g/mol. The first kappa shape index (κ1) is 10.0. The first-order valence-corrected chi connectivity index (χ1v) is 5.00. The van der Waals surface area contributed by atoms with Gasteiger partial charge >= 0.3 is 0 Å². The van der Waals surface area contributed by atoms with Crippen LogP contribution in [-0.2, 0) is 0 Å². The summed E-state index contributed by atoms with van der Waals surface area (Å²) in [4.78, 5) is 2.49. The van der Waals surface area contributed by atoms with E-state index in [0.717, 1.165) is 12.5 Å². The van der Waals surface area contributed by atoms with Gasteiger partial charge in [0.05, 0.1) is 0 Å². The summed E-state index contributed by atoms with van der Waals surface area (Å²) in [6.45, 7) is 9.43. The Bertz CT molecular complexity index is 136. The molecule has 1 N–H and O–H groups in total. The fraction of sp³-hybridized carbons (Fsp3) is 1.00. The number of nitrogens with zero attached hydrogens (tertiary/aromatic N) is 1. The van der Waals surface area contributed by atoms with Gasteiger partial charge in [-0.15, -0.1) is 0 Å². The highest BCUT2D eigenvalue weighted by Crippen LogP contribution is 2.21. The summed E-state index contributed by atoms with van der Waals surface area (Å²) in [5.41, 5.74) is 0. The monoisotopic (exact) mass is 171 g/mol. The summed E-state index contributed by atoms with van der Waals surface area (Å²) in [7, 11) is 0. The van der Waals surface area contributed by atoms with Gasteiger partial charge in [-0.25, -0.2) is 0 Å². The SMILES string of the molecule is CC(C)C(C)N1CCC(CO)C1. The molecule has 0 saturated carbocycles. The van der Waals surface area contributed by atoms with Crippen molar-refractivity contribution in [1.82, 2.24) is 4.90 Å². The van der Waals surface area contributed by atoms with Gasteiger partial charge in [-0.05, 0) is 31.7 Å². The van der Waals surface area contributed by atoms with Gasteiger partial charge in [-0.3, -0.25) is 0 Å². The van der Waals surface area contributed by atoms with Crippen molar-refractivity contribution >= 4 is 0 Å². The zero-order valence-electron chi connectivity index (χ0n) is 8.45. The van der Waals surface area contributed by atoms with Crippen LogP contribution in [0.1, 0.15) is 27.2 Å². The highest BCUT2D eigenvalue weighted by atomic mass is 16.3. The van der Waals surface area contributed by atoms with Crippen molar-refractivity contribution in [1.29, 1.82) is 0 Å². The molecule has 1 fully saturated rings. The minimum absolute atomic E-state index is 0.362. The molecule has 1 aliphatic rings. The second-order valence-corrected chi connectivity index (χ2v) is 4.32. The van der Waals surface area contributed by atoms with Gasteiger partial charge in [-0.1, -0.05) is 13.8 Å². The molecule has 0 aromatic heterocycles. The molecular formula is C10H21NO. The third-order valence-corrected chi connectivity index (χ3v) is 3.12. The number of aliphatic hydroxyl groups is 1. The molecule has 1 heterocycles. The van der Waals surface area contributed by atoms with E-state index in [1.807, 2.05) is 0 Å².